The van der Waals surface area contributed by atoms with Gasteiger partial charge in [-0.1, -0.05) is 24.3 Å². The number of hydrogen-bond acceptors (Lipinski definition) is 2. The highest BCUT2D eigenvalue weighted by molar-refractivity contribution is 6.58. The minimum absolute atomic E-state index is 0.128. The van der Waals surface area contributed by atoms with E-state index in [1.807, 2.05) is 0 Å². The van der Waals surface area contributed by atoms with Crippen LogP contribution in [0.3, 0.4) is 0 Å². The fourth-order valence-corrected chi connectivity index (χ4v) is 1.49. The van der Waals surface area contributed by atoms with Crippen LogP contribution in [-0.2, 0) is 5.67 Å². The van der Waals surface area contributed by atoms with Crippen molar-refractivity contribution in [1.29, 1.82) is 0 Å². The van der Waals surface area contributed by atoms with Gasteiger partial charge in [-0.05, 0) is 11.0 Å². The SMILES string of the molecule is OB(O)c1ccc(C2(F)CC2(F)F)cc1. The van der Waals surface area contributed by atoms with Crippen LogP contribution in [0.5, 0.6) is 0 Å². The first-order chi connectivity index (χ1) is 6.87. The fourth-order valence-electron chi connectivity index (χ4n) is 1.49. The van der Waals surface area contributed by atoms with Gasteiger partial charge >= 0.3 is 7.12 Å². The number of alkyl halides is 3. The Morgan fingerprint density at radius 1 is 1.07 bits per heavy atom. The molecule has 1 aliphatic carbocycles. The molecule has 1 aromatic carbocycles. The van der Waals surface area contributed by atoms with Gasteiger partial charge in [0.15, 0.2) is 0 Å². The second kappa shape index (κ2) is 2.99. The van der Waals surface area contributed by atoms with E-state index in [4.69, 9.17) is 10.0 Å². The van der Waals surface area contributed by atoms with Crippen molar-refractivity contribution in [2.24, 2.45) is 0 Å². The highest BCUT2D eigenvalue weighted by Crippen LogP contribution is 2.62. The molecule has 6 heteroatoms. The van der Waals surface area contributed by atoms with Crippen LogP contribution < -0.4 is 5.46 Å². The fraction of sp³-hybridized carbons (Fsp3) is 0.333. The molecule has 0 spiro atoms. The van der Waals surface area contributed by atoms with E-state index in [2.05, 4.69) is 0 Å². The third-order valence-electron chi connectivity index (χ3n) is 2.59. The van der Waals surface area contributed by atoms with Crippen molar-refractivity contribution in [1.82, 2.24) is 0 Å². The highest BCUT2D eigenvalue weighted by Gasteiger charge is 2.74. The lowest BCUT2D eigenvalue weighted by Gasteiger charge is -2.07. The van der Waals surface area contributed by atoms with Crippen LogP contribution in [0.2, 0.25) is 0 Å². The zero-order chi connectivity index (χ0) is 11.3. The summed E-state index contributed by atoms with van der Waals surface area (Å²) in [4.78, 5) is 0. The van der Waals surface area contributed by atoms with Gasteiger partial charge in [0, 0.05) is 0 Å². The maximum absolute atomic E-state index is 13.5. The highest BCUT2D eigenvalue weighted by atomic mass is 19.3. The van der Waals surface area contributed by atoms with E-state index in [0.29, 0.717) is 0 Å². The largest absolute Gasteiger partial charge is 0.488 e. The maximum atomic E-state index is 13.5. The Labute approximate surface area is 84.5 Å². The zero-order valence-corrected chi connectivity index (χ0v) is 7.62. The molecule has 0 bridgehead atoms. The predicted molar refractivity (Wildman–Crippen MR) is 48.6 cm³/mol. The number of hydrogen-bond donors (Lipinski definition) is 2. The Morgan fingerprint density at radius 2 is 1.53 bits per heavy atom. The summed E-state index contributed by atoms with van der Waals surface area (Å²) in [5, 5.41) is 17.5. The molecule has 1 aliphatic rings. The van der Waals surface area contributed by atoms with Gasteiger partial charge in [-0.15, -0.1) is 0 Å². The summed E-state index contributed by atoms with van der Waals surface area (Å²) in [5.41, 5.74) is -2.56. The molecule has 80 valence electrons. The molecule has 0 radical (unpaired) electrons. The van der Waals surface area contributed by atoms with E-state index in [-0.39, 0.29) is 11.0 Å². The number of halogens is 3. The van der Waals surface area contributed by atoms with E-state index in [1.54, 1.807) is 0 Å². The van der Waals surface area contributed by atoms with E-state index < -0.39 is 25.1 Å². The Hall–Kier alpha value is -1.01. The molecule has 15 heavy (non-hydrogen) atoms. The first kappa shape index (κ1) is 10.5. The topological polar surface area (TPSA) is 40.5 Å². The van der Waals surface area contributed by atoms with Crippen LogP contribution in [0.25, 0.3) is 0 Å². The second-order valence-corrected chi connectivity index (χ2v) is 3.68. The van der Waals surface area contributed by atoms with Gasteiger partial charge in [0.25, 0.3) is 5.92 Å². The molecule has 1 aromatic rings. The minimum Gasteiger partial charge on any atom is -0.423 e. The van der Waals surface area contributed by atoms with E-state index >= 15 is 0 Å². The van der Waals surface area contributed by atoms with Gasteiger partial charge in [0.05, 0.1) is 6.42 Å². The molecule has 0 heterocycles. The second-order valence-electron chi connectivity index (χ2n) is 3.68. The van der Waals surface area contributed by atoms with Crippen LogP contribution in [0.4, 0.5) is 13.2 Å². The van der Waals surface area contributed by atoms with Crippen molar-refractivity contribution in [3.05, 3.63) is 29.8 Å². The Morgan fingerprint density at radius 3 is 1.87 bits per heavy atom. The lowest BCUT2D eigenvalue weighted by molar-refractivity contribution is 0.0421. The normalized spacial score (nSPS) is 27.5. The van der Waals surface area contributed by atoms with Crippen molar-refractivity contribution in [2.45, 2.75) is 18.0 Å². The molecule has 1 saturated carbocycles. The first-order valence-electron chi connectivity index (χ1n) is 4.40. The predicted octanol–water partition coefficient (Wildman–Crippen LogP) is 0.570. The average molecular weight is 216 g/mol. The summed E-state index contributed by atoms with van der Waals surface area (Å²) in [6.07, 6.45) is -0.805. The molecule has 0 aliphatic heterocycles. The molecule has 1 unspecified atom stereocenters. The summed E-state index contributed by atoms with van der Waals surface area (Å²) in [5.74, 6) is -3.30. The van der Waals surface area contributed by atoms with Gasteiger partial charge in [-0.3, -0.25) is 0 Å². The quantitative estimate of drug-likeness (QED) is 0.709. The Kier molecular flexibility index (Phi) is 2.10. The summed E-state index contributed by atoms with van der Waals surface area (Å²) in [7, 11) is -1.67. The van der Waals surface area contributed by atoms with Crippen LogP contribution in [0.15, 0.2) is 24.3 Å². The van der Waals surface area contributed by atoms with Gasteiger partial charge in [0.2, 0.25) is 5.67 Å². The van der Waals surface area contributed by atoms with Crippen molar-refractivity contribution in [2.75, 3.05) is 0 Å². The lowest BCUT2D eigenvalue weighted by Crippen LogP contribution is -2.29. The van der Waals surface area contributed by atoms with Crippen molar-refractivity contribution in [3.63, 3.8) is 0 Å². The molecule has 2 nitrogen and oxygen atoms in total. The third-order valence-corrected chi connectivity index (χ3v) is 2.59. The molecule has 2 rings (SSSR count). The summed E-state index contributed by atoms with van der Waals surface area (Å²) in [6, 6.07) is 4.73. The van der Waals surface area contributed by atoms with Crippen LogP contribution in [0, 0.1) is 0 Å². The number of benzene rings is 1. The molecule has 0 amide bonds. The smallest absolute Gasteiger partial charge is 0.423 e. The van der Waals surface area contributed by atoms with Crippen LogP contribution in [-0.4, -0.2) is 23.1 Å². The molecule has 0 saturated heterocycles. The van der Waals surface area contributed by atoms with Gasteiger partial charge in [0.1, 0.15) is 0 Å². The maximum Gasteiger partial charge on any atom is 0.488 e. The number of rotatable bonds is 2. The monoisotopic (exact) mass is 216 g/mol. The van der Waals surface area contributed by atoms with Gasteiger partial charge in [-0.25, -0.2) is 13.2 Å². The van der Waals surface area contributed by atoms with E-state index in [1.165, 1.54) is 12.1 Å². The minimum atomic E-state index is -3.30. The molecule has 2 N–H and O–H groups in total. The lowest BCUT2D eigenvalue weighted by atomic mass is 9.80. The summed E-state index contributed by atoms with van der Waals surface area (Å²) < 4.78 is 38.8. The van der Waals surface area contributed by atoms with Crippen molar-refractivity contribution >= 4 is 12.6 Å². The van der Waals surface area contributed by atoms with Crippen LogP contribution >= 0.6 is 0 Å². The van der Waals surface area contributed by atoms with Gasteiger partial charge < -0.3 is 10.0 Å². The van der Waals surface area contributed by atoms with E-state index in [0.717, 1.165) is 12.1 Å². The Bertz CT molecular complexity index is 379. The van der Waals surface area contributed by atoms with Crippen molar-refractivity contribution < 1.29 is 23.2 Å². The first-order valence-corrected chi connectivity index (χ1v) is 4.40. The van der Waals surface area contributed by atoms with E-state index in [9.17, 15) is 13.2 Å². The Balaban J connectivity index is 2.26. The average Bonchev–Trinajstić information content (AvgIpc) is 2.67. The van der Waals surface area contributed by atoms with Crippen LogP contribution in [0.1, 0.15) is 12.0 Å². The third kappa shape index (κ3) is 1.53. The summed E-state index contributed by atoms with van der Waals surface area (Å²) in [6.45, 7) is 0. The van der Waals surface area contributed by atoms with Gasteiger partial charge in [-0.2, -0.15) is 0 Å². The molecule has 0 aromatic heterocycles. The summed E-state index contributed by atoms with van der Waals surface area (Å²) >= 11 is 0. The zero-order valence-electron chi connectivity index (χ0n) is 7.62. The molecule has 1 atom stereocenters. The molecular weight excluding hydrogens is 208 g/mol. The van der Waals surface area contributed by atoms with Crippen molar-refractivity contribution in [3.8, 4) is 0 Å². The molecule has 1 fully saturated rings. The standard InChI is InChI=1S/C9H8BF3O2/c11-8(5-9(8,12)13)6-1-3-7(4-2-6)10(14)15/h1-4,14-15H,5H2. The molecular formula is C9H8BF3O2.